The summed E-state index contributed by atoms with van der Waals surface area (Å²) in [6.07, 6.45) is 1.65. The first kappa shape index (κ1) is 17.0. The summed E-state index contributed by atoms with van der Waals surface area (Å²) in [5.74, 6) is 0.760. The van der Waals surface area contributed by atoms with Gasteiger partial charge in [0.15, 0.2) is 0 Å². The molecule has 1 aromatic heterocycles. The number of amides is 1. The molecule has 0 saturated carbocycles. The van der Waals surface area contributed by atoms with Gasteiger partial charge in [0.1, 0.15) is 11.8 Å². The third kappa shape index (κ3) is 4.37. The topological polar surface area (TPSA) is 45.5 Å². The zero-order valence-corrected chi connectivity index (χ0v) is 14.5. The van der Waals surface area contributed by atoms with E-state index in [1.807, 2.05) is 85.6 Å². The fraction of sp³-hybridized carbons (Fsp3) is 0.190. The molecule has 0 spiro atoms. The summed E-state index contributed by atoms with van der Waals surface area (Å²) in [6.45, 7) is 2.57. The Labute approximate surface area is 148 Å². The van der Waals surface area contributed by atoms with Gasteiger partial charge in [-0.1, -0.05) is 48.0 Å². The third-order valence-electron chi connectivity index (χ3n) is 4.11. The van der Waals surface area contributed by atoms with Crippen molar-refractivity contribution in [3.63, 3.8) is 0 Å². The van der Waals surface area contributed by atoms with Crippen LogP contribution in [0.2, 0.25) is 0 Å². The maximum atomic E-state index is 13.0. The average molecular weight is 334 g/mol. The van der Waals surface area contributed by atoms with Crippen molar-refractivity contribution in [3.8, 4) is 0 Å². The molecular formula is C21H22N2O2. The van der Waals surface area contributed by atoms with Gasteiger partial charge < -0.3 is 9.73 Å². The molecule has 25 heavy (non-hydrogen) atoms. The Morgan fingerprint density at radius 1 is 1.04 bits per heavy atom. The summed E-state index contributed by atoms with van der Waals surface area (Å²) in [5, 5.41) is 3.02. The van der Waals surface area contributed by atoms with Gasteiger partial charge in [-0.2, -0.15) is 0 Å². The number of anilines is 1. The molecule has 1 N–H and O–H groups in total. The van der Waals surface area contributed by atoms with E-state index in [9.17, 15) is 4.79 Å². The summed E-state index contributed by atoms with van der Waals surface area (Å²) in [7, 11) is 1.93. The van der Waals surface area contributed by atoms with E-state index in [2.05, 4.69) is 5.32 Å². The second-order valence-corrected chi connectivity index (χ2v) is 6.16. The smallest absolute Gasteiger partial charge is 0.246 e. The van der Waals surface area contributed by atoms with Crippen LogP contribution in [0.1, 0.15) is 22.9 Å². The molecule has 0 saturated heterocycles. The number of nitrogens with zero attached hydrogens (tertiary/aromatic N) is 1. The zero-order valence-electron chi connectivity index (χ0n) is 14.5. The summed E-state index contributed by atoms with van der Waals surface area (Å²) in [6, 6.07) is 20.9. The molecule has 4 nitrogen and oxygen atoms in total. The van der Waals surface area contributed by atoms with Crippen molar-refractivity contribution in [1.29, 1.82) is 0 Å². The first-order valence-corrected chi connectivity index (χ1v) is 8.28. The number of furan rings is 1. The van der Waals surface area contributed by atoms with E-state index in [1.54, 1.807) is 6.26 Å². The van der Waals surface area contributed by atoms with Crippen LogP contribution in [0.3, 0.4) is 0 Å². The number of carbonyl (C=O) groups is 1. The van der Waals surface area contributed by atoms with Crippen LogP contribution < -0.4 is 5.32 Å². The second-order valence-electron chi connectivity index (χ2n) is 6.16. The lowest BCUT2D eigenvalue weighted by atomic mass is 10.0. The largest absolute Gasteiger partial charge is 0.468 e. The normalized spacial score (nSPS) is 12.1. The molecule has 4 heteroatoms. The quantitative estimate of drug-likeness (QED) is 0.727. The van der Waals surface area contributed by atoms with Crippen molar-refractivity contribution in [3.05, 3.63) is 89.9 Å². The van der Waals surface area contributed by atoms with Crippen LogP contribution in [-0.2, 0) is 11.3 Å². The van der Waals surface area contributed by atoms with Crippen LogP contribution in [0.5, 0.6) is 0 Å². The van der Waals surface area contributed by atoms with Gasteiger partial charge in [0.25, 0.3) is 0 Å². The number of aryl methyl sites for hydroxylation is 1. The van der Waals surface area contributed by atoms with Gasteiger partial charge in [-0.05, 0) is 43.8 Å². The predicted molar refractivity (Wildman–Crippen MR) is 99.2 cm³/mol. The van der Waals surface area contributed by atoms with E-state index in [0.717, 1.165) is 22.6 Å². The Morgan fingerprint density at radius 3 is 2.40 bits per heavy atom. The van der Waals surface area contributed by atoms with Gasteiger partial charge in [0, 0.05) is 5.69 Å². The second kappa shape index (κ2) is 7.81. The molecule has 0 aliphatic rings. The summed E-state index contributed by atoms with van der Waals surface area (Å²) in [4.78, 5) is 15.0. The Morgan fingerprint density at radius 2 is 1.76 bits per heavy atom. The molecule has 128 valence electrons. The molecule has 0 bridgehead atoms. The molecule has 0 fully saturated rings. The minimum Gasteiger partial charge on any atom is -0.468 e. The number of hydrogen-bond acceptors (Lipinski definition) is 3. The van der Waals surface area contributed by atoms with Crippen LogP contribution in [-0.4, -0.2) is 17.9 Å². The highest BCUT2D eigenvalue weighted by Gasteiger charge is 2.25. The van der Waals surface area contributed by atoms with Crippen molar-refractivity contribution in [2.24, 2.45) is 0 Å². The molecule has 0 aliphatic carbocycles. The number of nitrogens with one attached hydrogen (secondary N) is 1. The van der Waals surface area contributed by atoms with E-state index >= 15 is 0 Å². The molecule has 1 heterocycles. The monoisotopic (exact) mass is 334 g/mol. The van der Waals surface area contributed by atoms with E-state index < -0.39 is 6.04 Å². The fourth-order valence-electron chi connectivity index (χ4n) is 2.83. The Kier molecular flexibility index (Phi) is 5.31. The summed E-state index contributed by atoms with van der Waals surface area (Å²) >= 11 is 0. The van der Waals surface area contributed by atoms with Crippen LogP contribution in [0.25, 0.3) is 0 Å². The highest BCUT2D eigenvalue weighted by Crippen LogP contribution is 2.23. The summed E-state index contributed by atoms with van der Waals surface area (Å²) in [5.41, 5.74) is 2.90. The minimum absolute atomic E-state index is 0.0656. The molecule has 1 atom stereocenters. The van der Waals surface area contributed by atoms with Crippen molar-refractivity contribution >= 4 is 11.6 Å². The molecule has 0 aliphatic heterocycles. The fourth-order valence-corrected chi connectivity index (χ4v) is 2.83. The standard InChI is InChI=1S/C21H22N2O2/c1-16-10-12-18(13-11-16)22-21(24)20(17-7-4-3-5-8-17)23(2)15-19-9-6-14-25-19/h3-14,20H,15H2,1-2H3,(H,22,24). The Bertz CT molecular complexity index is 796. The van der Waals surface area contributed by atoms with Gasteiger partial charge in [-0.3, -0.25) is 9.69 Å². The van der Waals surface area contributed by atoms with Crippen molar-refractivity contribution in [2.45, 2.75) is 19.5 Å². The van der Waals surface area contributed by atoms with E-state index in [4.69, 9.17) is 4.42 Å². The molecule has 1 unspecified atom stereocenters. The average Bonchev–Trinajstić information content (AvgIpc) is 3.11. The van der Waals surface area contributed by atoms with Crippen molar-refractivity contribution < 1.29 is 9.21 Å². The first-order valence-electron chi connectivity index (χ1n) is 8.28. The lowest BCUT2D eigenvalue weighted by molar-refractivity contribution is -0.121. The molecule has 3 rings (SSSR count). The molecule has 0 radical (unpaired) electrons. The van der Waals surface area contributed by atoms with E-state index in [0.29, 0.717) is 6.54 Å². The van der Waals surface area contributed by atoms with E-state index in [1.165, 1.54) is 0 Å². The number of rotatable bonds is 6. The van der Waals surface area contributed by atoms with Crippen LogP contribution in [0.4, 0.5) is 5.69 Å². The van der Waals surface area contributed by atoms with Crippen LogP contribution >= 0.6 is 0 Å². The van der Waals surface area contributed by atoms with Gasteiger partial charge in [-0.25, -0.2) is 0 Å². The zero-order chi connectivity index (χ0) is 17.6. The number of likely N-dealkylation sites (N-methyl/N-ethyl adjacent to an activating group) is 1. The Hall–Kier alpha value is -2.85. The van der Waals surface area contributed by atoms with Crippen LogP contribution in [0, 0.1) is 6.92 Å². The van der Waals surface area contributed by atoms with Gasteiger partial charge in [-0.15, -0.1) is 0 Å². The first-order chi connectivity index (χ1) is 12.1. The third-order valence-corrected chi connectivity index (χ3v) is 4.11. The van der Waals surface area contributed by atoms with Crippen molar-refractivity contribution in [2.75, 3.05) is 12.4 Å². The lowest BCUT2D eigenvalue weighted by Crippen LogP contribution is -2.34. The number of benzene rings is 2. The predicted octanol–water partition coefficient (Wildman–Crippen LogP) is 4.40. The highest BCUT2D eigenvalue weighted by atomic mass is 16.3. The van der Waals surface area contributed by atoms with Crippen molar-refractivity contribution in [1.82, 2.24) is 4.90 Å². The Balaban J connectivity index is 1.82. The molecule has 3 aromatic rings. The van der Waals surface area contributed by atoms with Gasteiger partial charge in [0.2, 0.25) is 5.91 Å². The maximum Gasteiger partial charge on any atom is 0.246 e. The van der Waals surface area contributed by atoms with E-state index in [-0.39, 0.29) is 5.91 Å². The number of hydrogen-bond donors (Lipinski definition) is 1. The molecule has 2 aromatic carbocycles. The van der Waals surface area contributed by atoms with Gasteiger partial charge >= 0.3 is 0 Å². The maximum absolute atomic E-state index is 13.0. The van der Waals surface area contributed by atoms with Gasteiger partial charge in [0.05, 0.1) is 12.8 Å². The lowest BCUT2D eigenvalue weighted by Gasteiger charge is -2.27. The number of carbonyl (C=O) groups excluding carboxylic acids is 1. The summed E-state index contributed by atoms with van der Waals surface area (Å²) < 4.78 is 5.43. The molecule has 1 amide bonds. The molecular weight excluding hydrogens is 312 g/mol. The van der Waals surface area contributed by atoms with Crippen LogP contribution in [0.15, 0.2) is 77.4 Å². The minimum atomic E-state index is -0.410. The SMILES string of the molecule is Cc1ccc(NC(=O)C(c2ccccc2)N(C)Cc2ccco2)cc1. The highest BCUT2D eigenvalue weighted by molar-refractivity contribution is 5.95.